The van der Waals surface area contributed by atoms with Gasteiger partial charge in [-0.2, -0.15) is 0 Å². The summed E-state index contributed by atoms with van der Waals surface area (Å²) in [6.07, 6.45) is 6.11. The summed E-state index contributed by atoms with van der Waals surface area (Å²) in [7, 11) is 0. The summed E-state index contributed by atoms with van der Waals surface area (Å²) >= 11 is 0. The minimum absolute atomic E-state index is 0.0550. The fourth-order valence-electron chi connectivity index (χ4n) is 5.92. The lowest BCUT2D eigenvalue weighted by Gasteiger charge is -2.38. The number of carbonyl (C=O) groups is 4. The Morgan fingerprint density at radius 1 is 0.848 bits per heavy atom. The molecule has 33 heavy (non-hydrogen) atoms. The molecule has 2 aromatic carbocycles. The van der Waals surface area contributed by atoms with Crippen LogP contribution in [0, 0.1) is 23.7 Å². The Balaban J connectivity index is 1.07. The standard InChI is InChI=1S/C26H23N3O4/c30-23-19-4-2-1-3-17(19)18-10-9-16(13-20(18)23)28-26(33)27-11-12-29-24(31)21-14-5-6-15(8-7-14)22(21)25(29)32/h1-6,9-10,13-15,21-22H,7-8,11-12H2,(H2,27,28,33)/t14-,15-,21+,22+/m0/s1. The Hall–Kier alpha value is -3.74. The van der Waals surface area contributed by atoms with Crippen molar-refractivity contribution in [3.05, 3.63) is 65.7 Å². The summed E-state index contributed by atoms with van der Waals surface area (Å²) in [6, 6.07) is 12.3. The number of ketones is 1. The Kier molecular flexibility index (Phi) is 4.47. The molecule has 1 heterocycles. The second kappa shape index (κ2) is 7.40. The highest BCUT2D eigenvalue weighted by Crippen LogP contribution is 2.49. The molecule has 7 nitrogen and oxygen atoms in total. The quantitative estimate of drug-likeness (QED) is 0.480. The fourth-order valence-corrected chi connectivity index (χ4v) is 5.92. The third-order valence-electron chi connectivity index (χ3n) is 7.46. The normalized spacial score (nSPS) is 26.3. The number of nitrogens with zero attached hydrogens (tertiary/aromatic N) is 1. The van der Waals surface area contributed by atoms with Crippen LogP contribution in [0.1, 0.15) is 28.8 Å². The van der Waals surface area contributed by atoms with Crippen LogP contribution in [0.5, 0.6) is 0 Å². The second-order valence-corrected chi connectivity index (χ2v) is 9.19. The number of carbonyl (C=O) groups excluding carboxylic acids is 4. The van der Waals surface area contributed by atoms with Gasteiger partial charge in [0.15, 0.2) is 5.78 Å². The number of amides is 4. The molecule has 5 aliphatic rings. The van der Waals surface area contributed by atoms with E-state index in [-0.39, 0.29) is 54.4 Å². The molecule has 2 bridgehead atoms. The van der Waals surface area contributed by atoms with Gasteiger partial charge in [-0.05, 0) is 47.9 Å². The van der Waals surface area contributed by atoms with Crippen LogP contribution in [0.3, 0.4) is 0 Å². The van der Waals surface area contributed by atoms with E-state index in [2.05, 4.69) is 22.8 Å². The molecule has 2 aromatic rings. The van der Waals surface area contributed by atoms with Crippen LogP contribution in [0.4, 0.5) is 10.5 Å². The molecule has 4 aliphatic carbocycles. The van der Waals surface area contributed by atoms with Gasteiger partial charge in [0.25, 0.3) is 0 Å². The highest BCUT2D eigenvalue weighted by molar-refractivity contribution is 6.22. The van der Waals surface area contributed by atoms with Gasteiger partial charge in [-0.1, -0.05) is 42.5 Å². The number of fused-ring (bicyclic) bond motifs is 4. The van der Waals surface area contributed by atoms with Gasteiger partial charge in [-0.3, -0.25) is 19.3 Å². The fraction of sp³-hybridized carbons (Fsp3) is 0.308. The van der Waals surface area contributed by atoms with Crippen molar-refractivity contribution in [2.75, 3.05) is 18.4 Å². The van der Waals surface area contributed by atoms with Gasteiger partial charge in [0.05, 0.1) is 11.8 Å². The molecule has 7 rings (SSSR count). The van der Waals surface area contributed by atoms with E-state index in [1.165, 1.54) is 4.90 Å². The van der Waals surface area contributed by atoms with E-state index < -0.39 is 6.03 Å². The van der Waals surface area contributed by atoms with Crippen molar-refractivity contribution < 1.29 is 19.2 Å². The van der Waals surface area contributed by atoms with Crippen LogP contribution in [-0.2, 0) is 9.59 Å². The molecule has 166 valence electrons. The number of rotatable bonds is 4. The van der Waals surface area contributed by atoms with Crippen molar-refractivity contribution in [1.29, 1.82) is 0 Å². The number of hydrogen-bond donors (Lipinski definition) is 2. The molecule has 1 aliphatic heterocycles. The zero-order valence-electron chi connectivity index (χ0n) is 17.9. The lowest BCUT2D eigenvalue weighted by molar-refractivity contribution is -0.140. The molecular formula is C26H23N3O4. The summed E-state index contributed by atoms with van der Waals surface area (Å²) in [5, 5.41) is 5.46. The first-order valence-corrected chi connectivity index (χ1v) is 11.4. The van der Waals surface area contributed by atoms with Crippen LogP contribution >= 0.6 is 0 Å². The van der Waals surface area contributed by atoms with E-state index in [1.807, 2.05) is 24.3 Å². The summed E-state index contributed by atoms with van der Waals surface area (Å²) in [5.74, 6) is -0.421. The number of urea groups is 1. The molecule has 0 radical (unpaired) electrons. The molecule has 0 spiro atoms. The Morgan fingerprint density at radius 3 is 2.15 bits per heavy atom. The van der Waals surface area contributed by atoms with E-state index >= 15 is 0 Å². The van der Waals surface area contributed by atoms with Gasteiger partial charge in [0.1, 0.15) is 0 Å². The molecule has 7 heteroatoms. The number of anilines is 1. The lowest BCUT2D eigenvalue weighted by Crippen LogP contribution is -2.40. The predicted octanol–water partition coefficient (Wildman–Crippen LogP) is 3.22. The second-order valence-electron chi connectivity index (χ2n) is 9.19. The van der Waals surface area contributed by atoms with Gasteiger partial charge in [0.2, 0.25) is 11.8 Å². The minimum atomic E-state index is -0.448. The molecular weight excluding hydrogens is 418 g/mol. The van der Waals surface area contributed by atoms with Crippen molar-refractivity contribution in [3.63, 3.8) is 0 Å². The minimum Gasteiger partial charge on any atom is -0.336 e. The summed E-state index contributed by atoms with van der Waals surface area (Å²) < 4.78 is 0. The third-order valence-corrected chi connectivity index (χ3v) is 7.46. The number of hydrogen-bond acceptors (Lipinski definition) is 4. The number of nitrogens with one attached hydrogen (secondary N) is 2. The summed E-state index contributed by atoms with van der Waals surface area (Å²) in [6.45, 7) is 0.330. The molecule has 1 saturated carbocycles. The molecule has 4 atom stereocenters. The average molecular weight is 441 g/mol. The highest BCUT2D eigenvalue weighted by atomic mass is 16.2. The third kappa shape index (κ3) is 3.03. The summed E-state index contributed by atoms with van der Waals surface area (Å²) in [5.41, 5.74) is 3.50. The number of imide groups is 1. The predicted molar refractivity (Wildman–Crippen MR) is 121 cm³/mol. The lowest BCUT2D eigenvalue weighted by atomic mass is 9.63. The van der Waals surface area contributed by atoms with E-state index in [4.69, 9.17) is 0 Å². The van der Waals surface area contributed by atoms with E-state index in [0.29, 0.717) is 16.8 Å². The first-order chi connectivity index (χ1) is 16.0. The van der Waals surface area contributed by atoms with Crippen LogP contribution in [0.15, 0.2) is 54.6 Å². The smallest absolute Gasteiger partial charge is 0.319 e. The van der Waals surface area contributed by atoms with Crippen LogP contribution in [0.25, 0.3) is 11.1 Å². The van der Waals surface area contributed by atoms with Gasteiger partial charge >= 0.3 is 6.03 Å². The maximum atomic E-state index is 12.9. The average Bonchev–Trinajstić information content (AvgIpc) is 3.27. The van der Waals surface area contributed by atoms with E-state index in [0.717, 1.165) is 24.0 Å². The SMILES string of the molecule is O=C(NCCN1C(=O)[C@H]2[C@H](C1=O)[C@H]1C=C[C@H]2CC1)Nc1ccc2c(c1)C(=O)c1ccccc1-2. The van der Waals surface area contributed by atoms with E-state index in [1.54, 1.807) is 18.2 Å². The monoisotopic (exact) mass is 441 g/mol. The van der Waals surface area contributed by atoms with Gasteiger partial charge < -0.3 is 10.6 Å². The maximum absolute atomic E-state index is 12.9. The summed E-state index contributed by atoms with van der Waals surface area (Å²) in [4.78, 5) is 52.1. The van der Waals surface area contributed by atoms with E-state index in [9.17, 15) is 19.2 Å². The first-order valence-electron chi connectivity index (χ1n) is 11.4. The van der Waals surface area contributed by atoms with Gasteiger partial charge in [-0.15, -0.1) is 0 Å². The van der Waals surface area contributed by atoms with Crippen molar-refractivity contribution in [2.45, 2.75) is 12.8 Å². The Bertz CT molecular complexity index is 1220. The van der Waals surface area contributed by atoms with Crippen LogP contribution < -0.4 is 10.6 Å². The zero-order chi connectivity index (χ0) is 22.7. The molecule has 2 fully saturated rings. The molecule has 2 N–H and O–H groups in total. The zero-order valence-corrected chi connectivity index (χ0v) is 17.9. The molecule has 0 unspecified atom stereocenters. The highest BCUT2D eigenvalue weighted by Gasteiger charge is 2.56. The van der Waals surface area contributed by atoms with Crippen molar-refractivity contribution in [1.82, 2.24) is 10.2 Å². The topological polar surface area (TPSA) is 95.6 Å². The molecule has 0 aromatic heterocycles. The first kappa shape index (κ1) is 19.9. The Labute approximate surface area is 190 Å². The van der Waals surface area contributed by atoms with Crippen LogP contribution in [-0.4, -0.2) is 41.6 Å². The number of allylic oxidation sites excluding steroid dienone is 2. The maximum Gasteiger partial charge on any atom is 0.319 e. The van der Waals surface area contributed by atoms with Crippen LogP contribution in [0.2, 0.25) is 0 Å². The Morgan fingerprint density at radius 2 is 1.48 bits per heavy atom. The van der Waals surface area contributed by atoms with Gasteiger partial charge in [0, 0.05) is 29.9 Å². The number of likely N-dealkylation sites (tertiary alicyclic amines) is 1. The molecule has 1 saturated heterocycles. The van der Waals surface area contributed by atoms with Gasteiger partial charge in [-0.25, -0.2) is 4.79 Å². The molecule has 4 amide bonds. The largest absolute Gasteiger partial charge is 0.336 e. The van der Waals surface area contributed by atoms with Crippen molar-refractivity contribution in [3.8, 4) is 11.1 Å². The number of benzene rings is 2. The van der Waals surface area contributed by atoms with Crippen molar-refractivity contribution >= 4 is 29.3 Å². The van der Waals surface area contributed by atoms with Crippen molar-refractivity contribution in [2.24, 2.45) is 23.7 Å².